The van der Waals surface area contributed by atoms with Crippen LogP contribution in [0.1, 0.15) is 36.8 Å². The molecule has 37 heavy (non-hydrogen) atoms. The number of amides is 1. The van der Waals surface area contributed by atoms with Crippen LogP contribution in [-0.4, -0.2) is 73.2 Å². The highest BCUT2D eigenvalue weighted by Crippen LogP contribution is 2.36. The van der Waals surface area contributed by atoms with Gasteiger partial charge in [-0.2, -0.15) is 18.4 Å². The highest BCUT2D eigenvalue weighted by Gasteiger charge is 2.36. The number of carbonyl (C=O) groups excluding carboxylic acids is 1. The van der Waals surface area contributed by atoms with Gasteiger partial charge in [-0.05, 0) is 44.2 Å². The molecule has 10 nitrogen and oxygen atoms in total. The predicted molar refractivity (Wildman–Crippen MR) is 135 cm³/mol. The molecule has 8 N–H and O–H groups in total. The van der Waals surface area contributed by atoms with E-state index in [-0.39, 0.29) is 19.0 Å². The van der Waals surface area contributed by atoms with Gasteiger partial charge in [0.2, 0.25) is 5.91 Å². The Morgan fingerprint density at radius 2 is 2.11 bits per heavy atom. The second-order valence-corrected chi connectivity index (χ2v) is 9.45. The number of likely N-dealkylation sites (tertiary alicyclic amines) is 1. The fraction of sp³-hybridized carbons (Fsp3) is 0.542. The number of carbonyl (C=O) groups is 1. The predicted octanol–water partition coefficient (Wildman–Crippen LogP) is 1.47. The van der Waals surface area contributed by atoms with Crippen LogP contribution >= 0.6 is 0 Å². The number of aliphatic imine (C=N–C) groups is 1. The Hall–Kier alpha value is -3.50. The fourth-order valence-electron chi connectivity index (χ4n) is 4.71. The van der Waals surface area contributed by atoms with Crippen molar-refractivity contribution < 1.29 is 18.0 Å². The van der Waals surface area contributed by atoms with Crippen LogP contribution < -0.4 is 27.4 Å². The van der Waals surface area contributed by atoms with Crippen LogP contribution in [0.4, 0.5) is 19.0 Å². The van der Waals surface area contributed by atoms with Crippen LogP contribution in [0.5, 0.6) is 0 Å². The maximum absolute atomic E-state index is 13.3. The summed E-state index contributed by atoms with van der Waals surface area (Å²) < 4.78 is 39.9. The number of hydrogen-bond acceptors (Lipinski definition) is 8. The van der Waals surface area contributed by atoms with Crippen LogP contribution in [0, 0.1) is 17.2 Å². The van der Waals surface area contributed by atoms with Crippen molar-refractivity contribution in [3.05, 3.63) is 28.5 Å². The zero-order valence-corrected chi connectivity index (χ0v) is 20.4. The quantitative estimate of drug-likeness (QED) is 0.318. The number of anilines is 1. The largest absolute Gasteiger partial charge is 0.414 e. The van der Waals surface area contributed by atoms with Crippen molar-refractivity contribution >= 4 is 29.5 Å². The van der Waals surface area contributed by atoms with Gasteiger partial charge in [-0.1, -0.05) is 0 Å². The average Bonchev–Trinajstić information content (AvgIpc) is 3.33. The summed E-state index contributed by atoms with van der Waals surface area (Å²) in [6, 6.07) is 1.59. The van der Waals surface area contributed by atoms with Crippen molar-refractivity contribution in [3.8, 4) is 6.07 Å². The summed E-state index contributed by atoms with van der Waals surface area (Å²) in [5.74, 6) is 1.19. The molecule has 0 unspecified atom stereocenters. The van der Waals surface area contributed by atoms with Crippen LogP contribution in [0.3, 0.4) is 0 Å². The number of H-pyrrole nitrogens is 1. The minimum Gasteiger partial charge on any atom is -0.367 e. The van der Waals surface area contributed by atoms with Crippen molar-refractivity contribution in [1.29, 1.82) is 5.26 Å². The number of halogens is 3. The Balaban J connectivity index is 1.35. The monoisotopic (exact) mass is 519 g/mol. The van der Waals surface area contributed by atoms with E-state index in [1.165, 1.54) is 0 Å². The molecule has 0 aromatic carbocycles. The Morgan fingerprint density at radius 3 is 2.78 bits per heavy atom. The lowest BCUT2D eigenvalue weighted by molar-refractivity contribution is -0.134. The van der Waals surface area contributed by atoms with Gasteiger partial charge in [-0.25, -0.2) is 4.99 Å². The number of aromatic nitrogens is 1. The smallest absolute Gasteiger partial charge is 0.367 e. The molecule has 1 amide bonds. The molecule has 200 valence electrons. The van der Waals surface area contributed by atoms with Gasteiger partial charge in [0.1, 0.15) is 5.82 Å². The van der Waals surface area contributed by atoms with E-state index in [1.807, 2.05) is 0 Å². The van der Waals surface area contributed by atoms with E-state index >= 15 is 0 Å². The van der Waals surface area contributed by atoms with Gasteiger partial charge >= 0.3 is 6.18 Å². The molecule has 4 rings (SSSR count). The highest BCUT2D eigenvalue weighted by atomic mass is 19.4. The van der Waals surface area contributed by atoms with Crippen LogP contribution in [0.15, 0.2) is 22.3 Å². The van der Waals surface area contributed by atoms with Crippen molar-refractivity contribution in [3.63, 3.8) is 0 Å². The second kappa shape index (κ2) is 11.3. The summed E-state index contributed by atoms with van der Waals surface area (Å²) in [6.45, 7) is 2.15. The molecule has 13 heteroatoms. The number of hydrogen-bond donors (Lipinski definition) is 6. The molecule has 1 aromatic rings. The Labute approximate surface area is 213 Å². The highest BCUT2D eigenvalue weighted by molar-refractivity contribution is 5.95. The minimum atomic E-state index is -4.45. The lowest BCUT2D eigenvalue weighted by Crippen LogP contribution is -2.49. The summed E-state index contributed by atoms with van der Waals surface area (Å²) in [6.07, 6.45) is 1.16. The van der Waals surface area contributed by atoms with Gasteiger partial charge in [0, 0.05) is 43.5 Å². The van der Waals surface area contributed by atoms with Crippen LogP contribution in [0.25, 0.3) is 11.8 Å². The number of nitrogens with zero attached hydrogens (tertiary/aromatic N) is 3. The SMILES string of the molecule is N#CC1=C(c2c[nH]c3c2C=C(C(F)(F)F)CN3)NC(NCC2CCN(C(=O)[C@H](N)CCCN)CC2)=NC1. The maximum atomic E-state index is 13.3. The molecule has 0 bridgehead atoms. The number of guanidine groups is 1. The van der Waals surface area contributed by atoms with Gasteiger partial charge < -0.3 is 37.3 Å². The van der Waals surface area contributed by atoms with Gasteiger partial charge in [0.15, 0.2) is 5.96 Å². The number of alkyl halides is 3. The summed E-state index contributed by atoms with van der Waals surface area (Å²) in [5, 5.41) is 18.7. The molecular formula is C24H32F3N9O. The molecule has 1 saturated heterocycles. The zero-order valence-electron chi connectivity index (χ0n) is 20.4. The fourth-order valence-corrected chi connectivity index (χ4v) is 4.71. The number of nitriles is 1. The molecule has 0 radical (unpaired) electrons. The lowest BCUT2D eigenvalue weighted by Gasteiger charge is -2.34. The number of nitrogens with one attached hydrogen (secondary N) is 4. The Bertz CT molecular complexity index is 1140. The topological polar surface area (TPSA) is 160 Å². The Kier molecular flexibility index (Phi) is 8.09. The lowest BCUT2D eigenvalue weighted by atomic mass is 9.96. The normalized spacial score (nSPS) is 19.2. The van der Waals surface area contributed by atoms with Gasteiger partial charge in [0.05, 0.1) is 35.5 Å². The van der Waals surface area contributed by atoms with Crippen molar-refractivity contribution in [2.75, 3.05) is 44.6 Å². The summed E-state index contributed by atoms with van der Waals surface area (Å²) in [4.78, 5) is 21.7. The summed E-state index contributed by atoms with van der Waals surface area (Å²) in [7, 11) is 0. The van der Waals surface area contributed by atoms with Crippen molar-refractivity contribution in [2.45, 2.75) is 37.9 Å². The van der Waals surface area contributed by atoms with Crippen molar-refractivity contribution in [2.24, 2.45) is 22.4 Å². The van der Waals surface area contributed by atoms with E-state index in [1.54, 1.807) is 11.1 Å². The molecule has 1 atom stereocenters. The van der Waals surface area contributed by atoms with E-state index in [0.717, 1.165) is 18.9 Å². The van der Waals surface area contributed by atoms with E-state index in [2.05, 4.69) is 32.0 Å². The first-order chi connectivity index (χ1) is 17.7. The van der Waals surface area contributed by atoms with E-state index < -0.39 is 17.8 Å². The minimum absolute atomic E-state index is 0.0379. The molecule has 4 heterocycles. The average molecular weight is 520 g/mol. The molecule has 0 spiro atoms. The molecule has 1 aromatic heterocycles. The van der Waals surface area contributed by atoms with E-state index in [4.69, 9.17) is 11.5 Å². The molecule has 3 aliphatic rings. The summed E-state index contributed by atoms with van der Waals surface area (Å²) >= 11 is 0. The molecule has 3 aliphatic heterocycles. The Morgan fingerprint density at radius 1 is 1.35 bits per heavy atom. The second-order valence-electron chi connectivity index (χ2n) is 9.45. The van der Waals surface area contributed by atoms with Crippen molar-refractivity contribution in [1.82, 2.24) is 20.5 Å². The van der Waals surface area contributed by atoms with Crippen LogP contribution in [0.2, 0.25) is 0 Å². The number of piperidine rings is 1. The van der Waals surface area contributed by atoms with E-state index in [9.17, 15) is 23.2 Å². The molecular weight excluding hydrogens is 487 g/mol. The third-order valence-electron chi connectivity index (χ3n) is 6.92. The van der Waals surface area contributed by atoms with E-state index in [0.29, 0.717) is 79.1 Å². The summed E-state index contributed by atoms with van der Waals surface area (Å²) in [5.41, 5.74) is 12.4. The number of rotatable bonds is 7. The third-order valence-corrected chi connectivity index (χ3v) is 6.92. The third kappa shape index (κ3) is 6.08. The molecule has 0 saturated carbocycles. The van der Waals surface area contributed by atoms with Gasteiger partial charge in [0.25, 0.3) is 0 Å². The first-order valence-electron chi connectivity index (χ1n) is 12.4. The zero-order chi connectivity index (χ0) is 26.6. The van der Waals surface area contributed by atoms with Crippen LogP contribution in [-0.2, 0) is 4.79 Å². The number of nitrogens with two attached hydrogens (primary N) is 2. The number of fused-ring (bicyclic) bond motifs is 1. The van der Waals surface area contributed by atoms with Gasteiger partial charge in [-0.15, -0.1) is 0 Å². The first-order valence-corrected chi connectivity index (χ1v) is 12.4. The maximum Gasteiger partial charge on any atom is 0.414 e. The van der Waals surface area contributed by atoms with Gasteiger partial charge in [-0.3, -0.25) is 4.79 Å². The number of aromatic amines is 1. The molecule has 0 aliphatic carbocycles. The molecule has 1 fully saturated rings. The first kappa shape index (κ1) is 26.6. The standard InChI is InChI=1S/C24H32F3N9O/c25-24(26,27)16-8-17-18(13-32-21(17)31-12-16)20-15(9-29)11-34-23(35-20)33-10-14-3-6-36(7-4-14)22(37)19(30)2-1-5-28/h8,13-14,19,31-32H,1-7,10-12,28,30H2,(H2,33,34,35)/t19-/m1/s1.